The fourth-order valence-electron chi connectivity index (χ4n) is 0.951. The number of fused-ring (bicyclic) bond motifs is 1. The molecule has 0 aliphatic rings. The zero-order valence-electron chi connectivity index (χ0n) is 5.91. The molecule has 1 N–H and O–H groups in total. The number of aromatic nitrogens is 3. The molecule has 0 unspecified atom stereocenters. The Morgan fingerprint density at radius 3 is 3.17 bits per heavy atom. The third-order valence-corrected chi connectivity index (χ3v) is 1.81. The van der Waals surface area contributed by atoms with E-state index >= 15 is 0 Å². The van der Waals surface area contributed by atoms with Crippen LogP contribution in [-0.4, -0.2) is 21.5 Å². The van der Waals surface area contributed by atoms with Crippen molar-refractivity contribution in [1.82, 2.24) is 15.2 Å². The molecule has 0 aliphatic carbocycles. The molecule has 12 heavy (non-hydrogen) atoms. The first-order chi connectivity index (χ1) is 5.81. The van der Waals surface area contributed by atoms with E-state index in [0.29, 0.717) is 21.7 Å². The van der Waals surface area contributed by atoms with Gasteiger partial charge in [-0.3, -0.25) is 9.89 Å². The fourth-order valence-corrected chi connectivity index (χ4v) is 1.13. The lowest BCUT2D eigenvalue weighted by atomic mass is 10.2. The predicted octanol–water partition coefficient (Wildman–Crippen LogP) is 1.42. The van der Waals surface area contributed by atoms with Gasteiger partial charge in [0.1, 0.15) is 5.15 Å². The summed E-state index contributed by atoms with van der Waals surface area (Å²) in [5.74, 6) is 0. The summed E-state index contributed by atoms with van der Waals surface area (Å²) >= 11 is 5.73. The topological polar surface area (TPSA) is 58.6 Å². The SMILES string of the molecule is O=Cc1cnc2n[nH]c(Cl)c2c1. The first kappa shape index (κ1) is 7.24. The van der Waals surface area contributed by atoms with Crippen molar-refractivity contribution in [1.29, 1.82) is 0 Å². The molecule has 4 nitrogen and oxygen atoms in total. The Balaban J connectivity index is 2.79. The van der Waals surface area contributed by atoms with E-state index in [-0.39, 0.29) is 0 Å². The average Bonchev–Trinajstić information content (AvgIpc) is 2.47. The van der Waals surface area contributed by atoms with Gasteiger partial charge in [-0.1, -0.05) is 11.6 Å². The summed E-state index contributed by atoms with van der Waals surface area (Å²) in [6.45, 7) is 0. The molecule has 0 aromatic carbocycles. The van der Waals surface area contributed by atoms with Crippen LogP contribution in [0.5, 0.6) is 0 Å². The zero-order valence-corrected chi connectivity index (χ0v) is 6.67. The highest BCUT2D eigenvalue weighted by molar-refractivity contribution is 6.34. The van der Waals surface area contributed by atoms with Gasteiger partial charge in [0.2, 0.25) is 0 Å². The van der Waals surface area contributed by atoms with Crippen LogP contribution < -0.4 is 0 Å². The maximum atomic E-state index is 10.4. The van der Waals surface area contributed by atoms with Gasteiger partial charge < -0.3 is 0 Å². The van der Waals surface area contributed by atoms with Crippen molar-refractivity contribution in [3.8, 4) is 0 Å². The largest absolute Gasteiger partial charge is 0.298 e. The van der Waals surface area contributed by atoms with Crippen LogP contribution in [0.1, 0.15) is 10.4 Å². The first-order valence-electron chi connectivity index (χ1n) is 3.26. The zero-order chi connectivity index (χ0) is 8.55. The molecule has 0 radical (unpaired) electrons. The molecular weight excluding hydrogens is 178 g/mol. The van der Waals surface area contributed by atoms with Gasteiger partial charge in [0.05, 0.1) is 5.39 Å². The van der Waals surface area contributed by atoms with Gasteiger partial charge in [0.25, 0.3) is 0 Å². The van der Waals surface area contributed by atoms with Crippen molar-refractivity contribution in [3.05, 3.63) is 23.0 Å². The highest BCUT2D eigenvalue weighted by atomic mass is 35.5. The molecule has 2 aromatic heterocycles. The number of nitrogens with one attached hydrogen (secondary N) is 1. The third-order valence-electron chi connectivity index (χ3n) is 1.52. The Kier molecular flexibility index (Phi) is 1.55. The lowest BCUT2D eigenvalue weighted by molar-refractivity contribution is 0.112. The number of hydrogen-bond donors (Lipinski definition) is 1. The van der Waals surface area contributed by atoms with E-state index < -0.39 is 0 Å². The number of nitrogens with zero attached hydrogens (tertiary/aromatic N) is 2. The van der Waals surface area contributed by atoms with Gasteiger partial charge in [-0.25, -0.2) is 4.98 Å². The Morgan fingerprint density at radius 2 is 2.42 bits per heavy atom. The molecule has 0 atom stereocenters. The number of H-pyrrole nitrogens is 1. The van der Waals surface area contributed by atoms with E-state index in [4.69, 9.17) is 11.6 Å². The fraction of sp³-hybridized carbons (Fsp3) is 0. The lowest BCUT2D eigenvalue weighted by Crippen LogP contribution is -1.82. The molecule has 0 bridgehead atoms. The van der Waals surface area contributed by atoms with Crippen LogP contribution in [0.15, 0.2) is 12.3 Å². The number of hydrogen-bond acceptors (Lipinski definition) is 3. The quantitative estimate of drug-likeness (QED) is 0.677. The molecule has 0 saturated carbocycles. The minimum absolute atomic E-state index is 0.404. The van der Waals surface area contributed by atoms with Gasteiger partial charge in [0, 0.05) is 11.8 Å². The predicted molar refractivity (Wildman–Crippen MR) is 44.3 cm³/mol. The number of carbonyl (C=O) groups is 1. The van der Waals surface area contributed by atoms with Crippen molar-refractivity contribution < 1.29 is 4.79 Å². The van der Waals surface area contributed by atoms with Crippen LogP contribution in [0, 0.1) is 0 Å². The summed E-state index contributed by atoms with van der Waals surface area (Å²) in [5, 5.41) is 7.45. The van der Waals surface area contributed by atoms with E-state index in [1.807, 2.05) is 0 Å². The number of halogens is 1. The molecular formula is C7H4ClN3O. The van der Waals surface area contributed by atoms with E-state index in [2.05, 4.69) is 15.2 Å². The lowest BCUT2D eigenvalue weighted by Gasteiger charge is -1.88. The molecule has 0 saturated heterocycles. The number of carbonyl (C=O) groups excluding carboxylic acids is 1. The molecule has 0 aliphatic heterocycles. The van der Waals surface area contributed by atoms with E-state index in [1.54, 1.807) is 6.07 Å². The second-order valence-electron chi connectivity index (χ2n) is 2.30. The number of aldehydes is 1. The third kappa shape index (κ3) is 0.967. The molecule has 2 heterocycles. The summed E-state index contributed by atoms with van der Waals surface area (Å²) in [4.78, 5) is 14.3. The van der Waals surface area contributed by atoms with E-state index in [0.717, 1.165) is 6.29 Å². The number of aromatic amines is 1. The minimum Gasteiger partial charge on any atom is -0.298 e. The Morgan fingerprint density at radius 1 is 1.58 bits per heavy atom. The van der Waals surface area contributed by atoms with Gasteiger partial charge in [-0.15, -0.1) is 0 Å². The standard InChI is InChI=1S/C7H4ClN3O/c8-6-5-1-4(3-12)2-9-7(5)11-10-6/h1-3H,(H,9,10,11). The molecule has 0 spiro atoms. The Hall–Kier alpha value is -1.42. The van der Waals surface area contributed by atoms with Crippen LogP contribution in [-0.2, 0) is 0 Å². The second-order valence-corrected chi connectivity index (χ2v) is 2.67. The molecule has 60 valence electrons. The molecule has 2 aromatic rings. The van der Waals surface area contributed by atoms with Crippen molar-refractivity contribution in [2.24, 2.45) is 0 Å². The molecule has 5 heteroatoms. The van der Waals surface area contributed by atoms with Crippen molar-refractivity contribution >= 4 is 28.9 Å². The van der Waals surface area contributed by atoms with Crippen molar-refractivity contribution in [3.63, 3.8) is 0 Å². The van der Waals surface area contributed by atoms with Crippen LogP contribution >= 0.6 is 11.6 Å². The highest BCUT2D eigenvalue weighted by Crippen LogP contribution is 2.18. The minimum atomic E-state index is 0.404. The number of rotatable bonds is 1. The van der Waals surface area contributed by atoms with Crippen molar-refractivity contribution in [2.75, 3.05) is 0 Å². The monoisotopic (exact) mass is 181 g/mol. The normalized spacial score (nSPS) is 10.4. The van der Waals surface area contributed by atoms with Gasteiger partial charge in [-0.05, 0) is 6.07 Å². The summed E-state index contributed by atoms with van der Waals surface area (Å²) < 4.78 is 0. The second kappa shape index (κ2) is 2.57. The molecule has 0 amide bonds. The Labute approximate surface area is 72.6 Å². The maximum Gasteiger partial charge on any atom is 0.182 e. The number of pyridine rings is 1. The van der Waals surface area contributed by atoms with Gasteiger partial charge >= 0.3 is 0 Å². The van der Waals surface area contributed by atoms with Crippen molar-refractivity contribution in [2.45, 2.75) is 0 Å². The summed E-state index contributed by atoms with van der Waals surface area (Å²) in [6.07, 6.45) is 2.17. The summed E-state index contributed by atoms with van der Waals surface area (Å²) in [7, 11) is 0. The van der Waals surface area contributed by atoms with E-state index in [1.165, 1.54) is 6.20 Å². The summed E-state index contributed by atoms with van der Waals surface area (Å²) in [5.41, 5.74) is 1.01. The van der Waals surface area contributed by atoms with Crippen LogP contribution in [0.4, 0.5) is 0 Å². The maximum absolute atomic E-state index is 10.4. The summed E-state index contributed by atoms with van der Waals surface area (Å²) in [6, 6.07) is 1.64. The highest BCUT2D eigenvalue weighted by Gasteiger charge is 2.03. The smallest absolute Gasteiger partial charge is 0.182 e. The van der Waals surface area contributed by atoms with Gasteiger partial charge in [0.15, 0.2) is 11.9 Å². The van der Waals surface area contributed by atoms with Gasteiger partial charge in [-0.2, -0.15) is 5.10 Å². The first-order valence-corrected chi connectivity index (χ1v) is 3.64. The van der Waals surface area contributed by atoms with Crippen LogP contribution in [0.25, 0.3) is 11.0 Å². The average molecular weight is 182 g/mol. The molecule has 2 rings (SSSR count). The van der Waals surface area contributed by atoms with Crippen LogP contribution in [0.2, 0.25) is 5.15 Å². The van der Waals surface area contributed by atoms with E-state index in [9.17, 15) is 4.79 Å². The Bertz CT molecular complexity index is 437. The van der Waals surface area contributed by atoms with Crippen LogP contribution in [0.3, 0.4) is 0 Å². The molecule has 0 fully saturated rings.